The van der Waals surface area contributed by atoms with Gasteiger partial charge in [-0.25, -0.2) is 0 Å². The Kier molecular flexibility index (Phi) is 3.99. The van der Waals surface area contributed by atoms with E-state index in [1.165, 1.54) is 43.6 Å². The van der Waals surface area contributed by atoms with Crippen LogP contribution in [0.3, 0.4) is 0 Å². The van der Waals surface area contributed by atoms with Gasteiger partial charge in [-0.2, -0.15) is 0 Å². The van der Waals surface area contributed by atoms with E-state index in [1.54, 1.807) is 0 Å². The number of hydrogen-bond acceptors (Lipinski definition) is 2. The van der Waals surface area contributed by atoms with Crippen LogP contribution in [-0.2, 0) is 6.54 Å². The molecule has 0 bridgehead atoms. The Morgan fingerprint density at radius 3 is 2.68 bits per heavy atom. The van der Waals surface area contributed by atoms with Crippen molar-refractivity contribution < 1.29 is 0 Å². The molecule has 1 aromatic carbocycles. The van der Waals surface area contributed by atoms with Crippen molar-refractivity contribution in [1.82, 2.24) is 5.32 Å². The van der Waals surface area contributed by atoms with E-state index in [4.69, 9.17) is 11.6 Å². The van der Waals surface area contributed by atoms with Gasteiger partial charge in [0.05, 0.1) is 0 Å². The fraction of sp³-hybridized carbons (Fsp3) is 0.625. The van der Waals surface area contributed by atoms with E-state index in [0.717, 1.165) is 29.9 Å². The summed E-state index contributed by atoms with van der Waals surface area (Å²) in [4.78, 5) is 2.58. The van der Waals surface area contributed by atoms with Crippen LogP contribution in [0.15, 0.2) is 18.2 Å². The number of fused-ring (bicyclic) bond motifs is 1. The first kappa shape index (κ1) is 13.3. The van der Waals surface area contributed by atoms with Gasteiger partial charge in [0.1, 0.15) is 0 Å². The Hall–Kier alpha value is -0.730. The summed E-state index contributed by atoms with van der Waals surface area (Å²) in [6.45, 7) is 6.54. The molecule has 2 unspecified atom stereocenters. The van der Waals surface area contributed by atoms with E-state index in [9.17, 15) is 0 Å². The standard InChI is InChI=1S/C16H23ClN2/c1-2-18-9-14-8-15(17)6-7-16(14)19-10-12-4-3-5-13(12)11-19/h6-8,12-13,18H,2-5,9-11H2,1H3. The molecule has 1 saturated heterocycles. The molecule has 1 heterocycles. The second kappa shape index (κ2) is 5.72. The van der Waals surface area contributed by atoms with Crippen LogP contribution in [0.5, 0.6) is 0 Å². The largest absolute Gasteiger partial charge is 0.371 e. The maximum atomic E-state index is 6.15. The van der Waals surface area contributed by atoms with Gasteiger partial charge < -0.3 is 10.2 Å². The Balaban J connectivity index is 1.79. The summed E-state index contributed by atoms with van der Waals surface area (Å²) < 4.78 is 0. The van der Waals surface area contributed by atoms with Crippen LogP contribution in [0.1, 0.15) is 31.7 Å². The lowest BCUT2D eigenvalue weighted by atomic mass is 10.0. The molecule has 3 heteroatoms. The first-order chi connectivity index (χ1) is 9.28. The van der Waals surface area contributed by atoms with Crippen molar-refractivity contribution in [2.75, 3.05) is 24.5 Å². The second-order valence-corrected chi connectivity index (χ2v) is 6.35. The van der Waals surface area contributed by atoms with Gasteiger partial charge in [0.2, 0.25) is 0 Å². The fourth-order valence-corrected chi connectivity index (χ4v) is 3.89. The highest BCUT2D eigenvalue weighted by Crippen LogP contribution is 2.40. The van der Waals surface area contributed by atoms with Crippen molar-refractivity contribution in [3.05, 3.63) is 28.8 Å². The van der Waals surface area contributed by atoms with Crippen LogP contribution in [0.2, 0.25) is 5.02 Å². The zero-order valence-corrected chi connectivity index (χ0v) is 12.4. The van der Waals surface area contributed by atoms with Gasteiger partial charge in [-0.3, -0.25) is 0 Å². The van der Waals surface area contributed by atoms with Crippen LogP contribution in [0.25, 0.3) is 0 Å². The molecule has 19 heavy (non-hydrogen) atoms. The van der Waals surface area contributed by atoms with Gasteiger partial charge in [-0.15, -0.1) is 0 Å². The summed E-state index contributed by atoms with van der Waals surface area (Å²) in [7, 11) is 0. The molecule has 1 saturated carbocycles. The summed E-state index contributed by atoms with van der Waals surface area (Å²) in [5, 5.41) is 4.26. The maximum Gasteiger partial charge on any atom is 0.0413 e. The Bertz CT molecular complexity index is 434. The van der Waals surface area contributed by atoms with Crippen molar-refractivity contribution in [3.63, 3.8) is 0 Å². The van der Waals surface area contributed by atoms with Gasteiger partial charge in [0.15, 0.2) is 0 Å². The van der Waals surface area contributed by atoms with E-state index < -0.39 is 0 Å². The third-order valence-corrected chi connectivity index (χ3v) is 4.91. The number of halogens is 1. The summed E-state index contributed by atoms with van der Waals surface area (Å²) in [5.74, 6) is 1.87. The summed E-state index contributed by atoms with van der Waals surface area (Å²) in [6, 6.07) is 6.35. The first-order valence-corrected chi connectivity index (χ1v) is 7.90. The SMILES string of the molecule is CCNCc1cc(Cl)ccc1N1CC2CCCC2C1. The number of anilines is 1. The van der Waals surface area contributed by atoms with Gasteiger partial charge in [0.25, 0.3) is 0 Å². The first-order valence-electron chi connectivity index (χ1n) is 7.52. The highest BCUT2D eigenvalue weighted by Gasteiger charge is 2.36. The van der Waals surface area contributed by atoms with E-state index in [2.05, 4.69) is 29.3 Å². The summed E-state index contributed by atoms with van der Waals surface area (Å²) >= 11 is 6.15. The zero-order valence-electron chi connectivity index (χ0n) is 11.7. The summed E-state index contributed by atoms with van der Waals surface area (Å²) in [6.07, 6.45) is 4.29. The van der Waals surface area contributed by atoms with E-state index in [0.29, 0.717) is 0 Å². The highest BCUT2D eigenvalue weighted by atomic mass is 35.5. The molecule has 0 radical (unpaired) electrons. The van der Waals surface area contributed by atoms with E-state index >= 15 is 0 Å². The lowest BCUT2D eigenvalue weighted by Crippen LogP contribution is -2.23. The molecule has 1 aromatic rings. The fourth-order valence-electron chi connectivity index (χ4n) is 3.70. The highest BCUT2D eigenvalue weighted by molar-refractivity contribution is 6.30. The second-order valence-electron chi connectivity index (χ2n) is 5.91. The average Bonchev–Trinajstić information content (AvgIpc) is 2.97. The molecule has 1 aliphatic heterocycles. The molecule has 104 valence electrons. The average molecular weight is 279 g/mol. The monoisotopic (exact) mass is 278 g/mol. The number of rotatable bonds is 4. The minimum Gasteiger partial charge on any atom is -0.371 e. The molecule has 1 aliphatic carbocycles. The maximum absolute atomic E-state index is 6.15. The van der Waals surface area contributed by atoms with E-state index in [1.807, 2.05) is 6.07 Å². The van der Waals surface area contributed by atoms with Gasteiger partial charge in [0, 0.05) is 30.3 Å². The Morgan fingerprint density at radius 1 is 1.26 bits per heavy atom. The molecular weight excluding hydrogens is 256 g/mol. The van der Waals surface area contributed by atoms with Gasteiger partial charge >= 0.3 is 0 Å². The number of hydrogen-bond donors (Lipinski definition) is 1. The molecule has 0 spiro atoms. The Labute approximate surface area is 121 Å². The summed E-state index contributed by atoms with van der Waals surface area (Å²) in [5.41, 5.74) is 2.73. The van der Waals surface area contributed by atoms with Crippen molar-refractivity contribution in [2.45, 2.75) is 32.7 Å². The van der Waals surface area contributed by atoms with E-state index in [-0.39, 0.29) is 0 Å². The molecule has 2 fully saturated rings. The normalized spacial score (nSPS) is 25.9. The minimum atomic E-state index is 0.844. The van der Waals surface area contributed by atoms with Crippen molar-refractivity contribution in [2.24, 2.45) is 11.8 Å². The van der Waals surface area contributed by atoms with Crippen molar-refractivity contribution in [3.8, 4) is 0 Å². The topological polar surface area (TPSA) is 15.3 Å². The lowest BCUT2D eigenvalue weighted by molar-refractivity contribution is 0.494. The van der Waals surface area contributed by atoms with Crippen LogP contribution in [0, 0.1) is 11.8 Å². The van der Waals surface area contributed by atoms with Crippen LogP contribution < -0.4 is 10.2 Å². The number of nitrogens with zero attached hydrogens (tertiary/aromatic N) is 1. The van der Waals surface area contributed by atoms with Gasteiger partial charge in [-0.05, 0) is 55.0 Å². The predicted molar refractivity (Wildman–Crippen MR) is 81.9 cm³/mol. The number of nitrogens with one attached hydrogen (secondary N) is 1. The Morgan fingerprint density at radius 2 is 2.00 bits per heavy atom. The van der Waals surface area contributed by atoms with Gasteiger partial charge in [-0.1, -0.05) is 24.9 Å². The van der Waals surface area contributed by atoms with Crippen molar-refractivity contribution in [1.29, 1.82) is 0 Å². The smallest absolute Gasteiger partial charge is 0.0413 e. The van der Waals surface area contributed by atoms with Crippen LogP contribution >= 0.6 is 11.6 Å². The molecule has 0 aromatic heterocycles. The quantitative estimate of drug-likeness (QED) is 0.904. The lowest BCUT2D eigenvalue weighted by Gasteiger charge is -2.23. The molecule has 1 N–H and O–H groups in total. The molecular formula is C16H23ClN2. The molecule has 0 amide bonds. The number of benzene rings is 1. The molecule has 2 atom stereocenters. The molecule has 3 rings (SSSR count). The third kappa shape index (κ3) is 2.75. The van der Waals surface area contributed by atoms with Crippen LogP contribution in [0.4, 0.5) is 5.69 Å². The van der Waals surface area contributed by atoms with Crippen LogP contribution in [-0.4, -0.2) is 19.6 Å². The third-order valence-electron chi connectivity index (χ3n) is 4.67. The zero-order chi connectivity index (χ0) is 13.2. The predicted octanol–water partition coefficient (Wildman–Crippen LogP) is 3.69. The molecule has 2 nitrogen and oxygen atoms in total. The van der Waals surface area contributed by atoms with Crippen molar-refractivity contribution >= 4 is 17.3 Å². The minimum absolute atomic E-state index is 0.844. The molecule has 2 aliphatic rings.